The fourth-order valence-corrected chi connectivity index (χ4v) is 2.15. The molecule has 0 aliphatic rings. The highest BCUT2D eigenvalue weighted by Crippen LogP contribution is 2.13. The van der Waals surface area contributed by atoms with E-state index in [0.29, 0.717) is 26.1 Å². The lowest BCUT2D eigenvalue weighted by molar-refractivity contribution is -0.121. The summed E-state index contributed by atoms with van der Waals surface area (Å²) >= 11 is 0. The van der Waals surface area contributed by atoms with E-state index >= 15 is 0 Å². The molecule has 0 spiro atoms. The number of rotatable bonds is 8. The molecule has 7 heteroatoms. The number of carbonyl (C=O) groups is 1. The Morgan fingerprint density at radius 1 is 1.20 bits per heavy atom. The summed E-state index contributed by atoms with van der Waals surface area (Å²) in [6, 6.07) is 6.44. The molecule has 1 amide bonds. The smallest absolute Gasteiger partial charge is 0.221 e. The molecule has 0 aliphatic heterocycles. The van der Waals surface area contributed by atoms with E-state index in [9.17, 15) is 13.2 Å². The van der Waals surface area contributed by atoms with Crippen LogP contribution in [0.25, 0.3) is 0 Å². The van der Waals surface area contributed by atoms with Crippen molar-refractivity contribution < 1.29 is 17.9 Å². The Labute approximate surface area is 119 Å². The number of sulfone groups is 1. The van der Waals surface area contributed by atoms with Crippen LogP contribution in [0.1, 0.15) is 6.42 Å². The molecule has 20 heavy (non-hydrogen) atoms. The first-order valence-corrected chi connectivity index (χ1v) is 8.12. The third kappa shape index (κ3) is 6.03. The van der Waals surface area contributed by atoms with Gasteiger partial charge in [0, 0.05) is 38.6 Å². The second kappa shape index (κ2) is 7.86. The highest BCUT2D eigenvalue weighted by molar-refractivity contribution is 7.90. The van der Waals surface area contributed by atoms with Gasteiger partial charge in [-0.1, -0.05) is 0 Å². The van der Waals surface area contributed by atoms with E-state index in [1.165, 1.54) is 18.4 Å². The van der Waals surface area contributed by atoms with Crippen molar-refractivity contribution in [3.8, 4) is 0 Å². The number of ether oxygens (including phenoxy) is 1. The zero-order valence-electron chi connectivity index (χ0n) is 11.7. The number of carbonyl (C=O) groups excluding carboxylic acids is 1. The summed E-state index contributed by atoms with van der Waals surface area (Å²) in [6.07, 6.45) is 1.51. The number of hydrogen-bond donors (Lipinski definition) is 2. The van der Waals surface area contributed by atoms with E-state index in [0.717, 1.165) is 5.69 Å². The molecule has 0 unspecified atom stereocenters. The van der Waals surface area contributed by atoms with E-state index in [-0.39, 0.29) is 10.8 Å². The Bertz CT molecular complexity index is 526. The van der Waals surface area contributed by atoms with Gasteiger partial charge >= 0.3 is 0 Å². The van der Waals surface area contributed by atoms with E-state index < -0.39 is 9.84 Å². The highest BCUT2D eigenvalue weighted by atomic mass is 32.2. The molecule has 0 bridgehead atoms. The molecule has 0 aliphatic carbocycles. The van der Waals surface area contributed by atoms with Crippen LogP contribution in [-0.2, 0) is 19.4 Å². The Morgan fingerprint density at radius 2 is 1.85 bits per heavy atom. The lowest BCUT2D eigenvalue weighted by Crippen LogP contribution is -2.28. The lowest BCUT2D eigenvalue weighted by Gasteiger charge is -2.07. The van der Waals surface area contributed by atoms with Crippen LogP contribution in [0, 0.1) is 0 Å². The summed E-state index contributed by atoms with van der Waals surface area (Å²) < 4.78 is 27.4. The number of anilines is 1. The van der Waals surface area contributed by atoms with Gasteiger partial charge in [0.2, 0.25) is 5.91 Å². The van der Waals surface area contributed by atoms with Gasteiger partial charge < -0.3 is 15.4 Å². The zero-order valence-corrected chi connectivity index (χ0v) is 12.5. The first kappa shape index (κ1) is 16.5. The van der Waals surface area contributed by atoms with Gasteiger partial charge in [-0.2, -0.15) is 0 Å². The largest absolute Gasteiger partial charge is 0.385 e. The molecule has 2 N–H and O–H groups in total. The molecule has 112 valence electrons. The third-order valence-corrected chi connectivity index (χ3v) is 3.72. The van der Waals surface area contributed by atoms with Crippen LogP contribution in [-0.4, -0.2) is 47.4 Å². The Kier molecular flexibility index (Phi) is 6.47. The molecular weight excluding hydrogens is 280 g/mol. The molecule has 1 aromatic carbocycles. The molecule has 0 saturated heterocycles. The summed E-state index contributed by atoms with van der Waals surface area (Å²) in [6.45, 7) is 1.47. The molecule has 1 rings (SSSR count). The minimum absolute atomic E-state index is 0.0534. The first-order valence-electron chi connectivity index (χ1n) is 6.23. The van der Waals surface area contributed by atoms with Gasteiger partial charge in [-0.15, -0.1) is 0 Å². The second-order valence-electron chi connectivity index (χ2n) is 4.32. The maximum atomic E-state index is 11.4. The SMILES string of the molecule is COCCNC(=O)CCNc1ccc(S(C)(=O)=O)cc1. The van der Waals surface area contributed by atoms with Crippen LogP contribution in [0.4, 0.5) is 5.69 Å². The maximum absolute atomic E-state index is 11.4. The number of methoxy groups -OCH3 is 1. The van der Waals surface area contributed by atoms with Crippen molar-refractivity contribution in [1.82, 2.24) is 5.32 Å². The van der Waals surface area contributed by atoms with Crippen LogP contribution < -0.4 is 10.6 Å². The average molecular weight is 300 g/mol. The summed E-state index contributed by atoms with van der Waals surface area (Å²) in [7, 11) is -1.59. The Hall–Kier alpha value is -1.60. The van der Waals surface area contributed by atoms with Crippen LogP contribution in [0.2, 0.25) is 0 Å². The van der Waals surface area contributed by atoms with Crippen molar-refractivity contribution in [2.45, 2.75) is 11.3 Å². The summed E-state index contributed by atoms with van der Waals surface area (Å²) in [5.41, 5.74) is 0.780. The summed E-state index contributed by atoms with van der Waals surface area (Å²) in [5.74, 6) is -0.0534. The standard InChI is InChI=1S/C13H20N2O4S/c1-19-10-9-15-13(16)7-8-14-11-3-5-12(6-4-11)20(2,17)18/h3-6,14H,7-10H2,1-2H3,(H,15,16). The van der Waals surface area contributed by atoms with Gasteiger partial charge in [0.15, 0.2) is 9.84 Å². The van der Waals surface area contributed by atoms with Crippen LogP contribution in [0.3, 0.4) is 0 Å². The fraction of sp³-hybridized carbons (Fsp3) is 0.462. The molecular formula is C13H20N2O4S. The number of hydrogen-bond acceptors (Lipinski definition) is 5. The van der Waals surface area contributed by atoms with E-state index in [4.69, 9.17) is 4.74 Å². The monoisotopic (exact) mass is 300 g/mol. The quantitative estimate of drug-likeness (QED) is 0.689. The Morgan fingerprint density at radius 3 is 2.40 bits per heavy atom. The normalized spacial score (nSPS) is 11.1. The molecule has 0 radical (unpaired) electrons. The summed E-state index contributed by atoms with van der Waals surface area (Å²) in [5, 5.41) is 5.77. The lowest BCUT2D eigenvalue weighted by atomic mass is 10.3. The summed E-state index contributed by atoms with van der Waals surface area (Å²) in [4.78, 5) is 11.7. The molecule has 0 atom stereocenters. The predicted molar refractivity (Wildman–Crippen MR) is 77.5 cm³/mol. The van der Waals surface area contributed by atoms with Crippen molar-refractivity contribution in [1.29, 1.82) is 0 Å². The van der Waals surface area contributed by atoms with E-state index in [1.54, 1.807) is 19.2 Å². The van der Waals surface area contributed by atoms with Crippen molar-refractivity contribution >= 4 is 21.4 Å². The second-order valence-corrected chi connectivity index (χ2v) is 6.33. The van der Waals surface area contributed by atoms with Crippen molar-refractivity contribution in [3.05, 3.63) is 24.3 Å². The molecule has 0 heterocycles. The molecule has 0 fully saturated rings. The topological polar surface area (TPSA) is 84.5 Å². The van der Waals surface area contributed by atoms with Crippen LogP contribution >= 0.6 is 0 Å². The van der Waals surface area contributed by atoms with Gasteiger partial charge in [0.25, 0.3) is 0 Å². The van der Waals surface area contributed by atoms with Crippen molar-refractivity contribution in [2.75, 3.05) is 38.4 Å². The van der Waals surface area contributed by atoms with Crippen LogP contribution in [0.15, 0.2) is 29.2 Å². The van der Waals surface area contributed by atoms with E-state index in [1.807, 2.05) is 0 Å². The van der Waals surface area contributed by atoms with Gasteiger partial charge in [0.05, 0.1) is 11.5 Å². The zero-order chi connectivity index (χ0) is 15.0. The average Bonchev–Trinajstić information content (AvgIpc) is 2.38. The van der Waals surface area contributed by atoms with Gasteiger partial charge in [0.1, 0.15) is 0 Å². The minimum Gasteiger partial charge on any atom is -0.385 e. The molecule has 1 aromatic rings. The molecule has 0 saturated carbocycles. The maximum Gasteiger partial charge on any atom is 0.221 e. The van der Waals surface area contributed by atoms with Crippen molar-refractivity contribution in [2.24, 2.45) is 0 Å². The van der Waals surface area contributed by atoms with Gasteiger partial charge in [-0.25, -0.2) is 8.42 Å². The number of nitrogens with one attached hydrogen (secondary N) is 2. The highest BCUT2D eigenvalue weighted by Gasteiger charge is 2.06. The Balaban J connectivity index is 2.34. The fourth-order valence-electron chi connectivity index (χ4n) is 1.52. The predicted octanol–water partition coefficient (Wildman–Crippen LogP) is 0.655. The minimum atomic E-state index is -3.17. The van der Waals surface area contributed by atoms with Gasteiger partial charge in [-0.05, 0) is 24.3 Å². The third-order valence-electron chi connectivity index (χ3n) is 2.59. The number of amides is 1. The molecule has 0 aromatic heterocycles. The number of benzene rings is 1. The van der Waals surface area contributed by atoms with Crippen LogP contribution in [0.5, 0.6) is 0 Å². The molecule has 6 nitrogen and oxygen atoms in total. The van der Waals surface area contributed by atoms with E-state index in [2.05, 4.69) is 10.6 Å². The first-order chi connectivity index (χ1) is 9.43. The van der Waals surface area contributed by atoms with Crippen molar-refractivity contribution in [3.63, 3.8) is 0 Å². The van der Waals surface area contributed by atoms with Gasteiger partial charge in [-0.3, -0.25) is 4.79 Å².